The van der Waals surface area contributed by atoms with Crippen molar-refractivity contribution in [2.45, 2.75) is 70.7 Å². The second-order valence-corrected chi connectivity index (χ2v) is 20.2. The number of β-amino-alcohol motifs (C(OH)–C–C–N with tert-alkyl or cyclic N) is 1. The zero-order chi connectivity index (χ0) is 54.1. The molecule has 22 heteroatoms. The molecule has 20 nitrogen and oxygen atoms in total. The molecule has 0 radical (unpaired) electrons. The number of pyridine rings is 1. The summed E-state index contributed by atoms with van der Waals surface area (Å²) in [5, 5.41) is 20.0. The average molecular weight is 1080 g/mol. The lowest BCUT2D eigenvalue weighted by molar-refractivity contribution is -0.140. The Labute approximate surface area is 451 Å². The summed E-state index contributed by atoms with van der Waals surface area (Å²) in [6, 6.07) is 17.0. The number of aryl methyl sites for hydroxylation is 1. The summed E-state index contributed by atoms with van der Waals surface area (Å²) >= 11 is 1.59. The molecule has 1 unspecified atom stereocenters. The van der Waals surface area contributed by atoms with E-state index in [0.717, 1.165) is 78.5 Å². The van der Waals surface area contributed by atoms with E-state index in [9.17, 15) is 28.7 Å². The van der Waals surface area contributed by atoms with Crippen LogP contribution in [0, 0.1) is 12.7 Å². The minimum absolute atomic E-state index is 0.0364. The van der Waals surface area contributed by atoms with Crippen LogP contribution in [0.4, 0.5) is 15.8 Å². The number of aliphatic hydroxyl groups excluding tert-OH is 1. The number of aliphatic hydroxyl groups is 1. The van der Waals surface area contributed by atoms with Crippen molar-refractivity contribution in [3.63, 3.8) is 0 Å². The van der Waals surface area contributed by atoms with E-state index >= 15 is 0 Å². The third-order valence-corrected chi connectivity index (χ3v) is 14.9. The van der Waals surface area contributed by atoms with Gasteiger partial charge in [0.25, 0.3) is 5.56 Å². The standard InChI is InChI=1S/C55H72FN11O9S/c1-3-4-7-44(55(72)67-34-40(68)32-46(67)53(70)60-33-37-9-11-38(12-10-37)51-36(2)61-35-77-51)58-17-24-74-26-28-76-30-29-75-27-25-73-23-15-47(69)59-16-18-65-19-21-66(22-20-65)39-13-14-42-45(31-39)63-52(62-42)49-50(57)48-41(56)6-5-8-43(48)64-54(49)71/h5-6,8-14,31,35,40,44,46,58,68H,3-4,7,15-30,32-34H2,1-2H3,(H,59,69)(H,60,70)(H,62,63)(H3,57,64,71)/t40-,44?,46+/m1/s1. The largest absolute Gasteiger partial charge is 0.397 e. The number of H-pyrrole nitrogens is 2. The first-order chi connectivity index (χ1) is 37.5. The van der Waals surface area contributed by atoms with E-state index in [1.54, 1.807) is 17.4 Å². The first kappa shape index (κ1) is 56.8. The van der Waals surface area contributed by atoms with Crippen LogP contribution in [0.3, 0.4) is 0 Å². The number of ether oxygens (including phenoxy) is 4. The molecule has 0 saturated carbocycles. The van der Waals surface area contributed by atoms with Crippen LogP contribution in [0.1, 0.15) is 50.3 Å². The van der Waals surface area contributed by atoms with Crippen LogP contribution in [0.25, 0.3) is 43.8 Å². The van der Waals surface area contributed by atoms with Gasteiger partial charge in [-0.1, -0.05) is 50.1 Å². The van der Waals surface area contributed by atoms with Crippen LogP contribution in [0.2, 0.25) is 0 Å². The highest BCUT2D eigenvalue weighted by Crippen LogP contribution is 2.32. The number of benzene rings is 3. The number of carbonyl (C=O) groups is 3. The third kappa shape index (κ3) is 15.4. The van der Waals surface area contributed by atoms with Crippen molar-refractivity contribution in [2.24, 2.45) is 0 Å². The Kier molecular flexibility index (Phi) is 20.9. The van der Waals surface area contributed by atoms with Gasteiger partial charge in [-0.25, -0.2) is 14.4 Å². The third-order valence-electron chi connectivity index (χ3n) is 13.9. The van der Waals surface area contributed by atoms with Crippen LogP contribution in [-0.4, -0.2) is 176 Å². The number of likely N-dealkylation sites (tertiary alicyclic amines) is 1. The molecule has 3 atom stereocenters. The number of hydrogen-bond donors (Lipinski definition) is 7. The van der Waals surface area contributed by atoms with Crippen molar-refractivity contribution in [2.75, 3.05) is 116 Å². The fourth-order valence-corrected chi connectivity index (χ4v) is 10.5. The number of anilines is 2. The van der Waals surface area contributed by atoms with Gasteiger partial charge in [-0.3, -0.25) is 24.1 Å². The lowest BCUT2D eigenvalue weighted by atomic mass is 10.1. The predicted molar refractivity (Wildman–Crippen MR) is 295 cm³/mol. The number of piperazine rings is 1. The average Bonchev–Trinajstić information content (AvgIpc) is 4.21. The first-order valence-corrected chi connectivity index (χ1v) is 27.5. The molecule has 5 heterocycles. The normalized spacial score (nSPS) is 16.4. The minimum Gasteiger partial charge on any atom is -0.397 e. The number of aromatic amines is 2. The SMILES string of the molecule is CCCCC(NCCOCCOCCOCCOCCC(=O)NCCN1CCN(c2ccc3nc(-c4c(N)c5c(F)cccc5[nH]c4=O)[nH]c3c2)CC1)C(=O)N1C[C@H](O)C[C@H]1C(=O)NCc1ccc(-c2scnc2C)cc1. The molecule has 8 rings (SSSR count). The zero-order valence-electron chi connectivity index (χ0n) is 44.0. The lowest BCUT2D eigenvalue weighted by Gasteiger charge is -2.36. The van der Waals surface area contributed by atoms with Gasteiger partial charge < -0.3 is 65.5 Å². The summed E-state index contributed by atoms with van der Waals surface area (Å²) in [5.41, 5.74) is 13.6. The van der Waals surface area contributed by atoms with Gasteiger partial charge in [0.1, 0.15) is 23.2 Å². The number of nitrogens with one attached hydrogen (secondary N) is 5. The molecule has 6 aromatic rings. The summed E-state index contributed by atoms with van der Waals surface area (Å²) in [5.74, 6) is -0.787. The van der Waals surface area contributed by atoms with Gasteiger partial charge in [0.05, 0.1) is 109 Å². The number of carbonyl (C=O) groups excluding carboxylic acids is 3. The number of amides is 3. The number of rotatable bonds is 29. The van der Waals surface area contributed by atoms with Crippen LogP contribution >= 0.6 is 11.3 Å². The molecule has 3 aromatic carbocycles. The van der Waals surface area contributed by atoms with Crippen molar-refractivity contribution >= 4 is 62.4 Å². The number of hydrogen-bond acceptors (Lipinski definition) is 16. The monoisotopic (exact) mass is 1080 g/mol. The Bertz CT molecular complexity index is 2950. The van der Waals surface area contributed by atoms with Gasteiger partial charge in [-0.15, -0.1) is 11.3 Å². The maximum atomic E-state index is 14.6. The number of unbranched alkanes of at least 4 members (excludes halogenated alkanes) is 1. The number of thiazole rings is 1. The Morgan fingerprint density at radius 1 is 0.896 bits per heavy atom. The number of nitrogens with two attached hydrogens (primary N) is 1. The molecule has 77 heavy (non-hydrogen) atoms. The fourth-order valence-electron chi connectivity index (χ4n) is 9.67. The van der Waals surface area contributed by atoms with Gasteiger partial charge >= 0.3 is 0 Å². The maximum absolute atomic E-state index is 14.6. The van der Waals surface area contributed by atoms with Crippen molar-refractivity contribution in [3.8, 4) is 21.8 Å². The molecule has 2 aliphatic rings. The molecule has 0 spiro atoms. The van der Waals surface area contributed by atoms with E-state index in [1.165, 1.54) is 17.0 Å². The Balaban J connectivity index is 0.621. The van der Waals surface area contributed by atoms with Gasteiger partial charge in [-0.05, 0) is 54.8 Å². The summed E-state index contributed by atoms with van der Waals surface area (Å²) in [6.07, 6.45) is 2.03. The number of imidazole rings is 1. The Morgan fingerprint density at radius 3 is 2.34 bits per heavy atom. The molecule has 2 aliphatic heterocycles. The highest BCUT2D eigenvalue weighted by Gasteiger charge is 2.41. The summed E-state index contributed by atoms with van der Waals surface area (Å²) in [6.45, 7) is 12.4. The molecule has 8 N–H and O–H groups in total. The predicted octanol–water partition coefficient (Wildman–Crippen LogP) is 4.35. The molecule has 3 aromatic heterocycles. The topological polar surface area (TPSA) is 255 Å². The molecule has 0 bridgehead atoms. The van der Waals surface area contributed by atoms with Crippen LogP contribution in [-0.2, 0) is 39.9 Å². The molecular formula is C55H72FN11O9S. The maximum Gasteiger partial charge on any atom is 0.261 e. The van der Waals surface area contributed by atoms with Crippen molar-refractivity contribution in [3.05, 3.63) is 93.6 Å². The number of nitrogens with zero attached hydrogens (tertiary/aromatic N) is 5. The van der Waals surface area contributed by atoms with E-state index in [1.807, 2.05) is 54.9 Å². The van der Waals surface area contributed by atoms with Gasteiger partial charge in [-0.2, -0.15) is 0 Å². The first-order valence-electron chi connectivity index (χ1n) is 26.6. The second kappa shape index (κ2) is 28.3. The van der Waals surface area contributed by atoms with E-state index in [4.69, 9.17) is 24.7 Å². The molecule has 2 fully saturated rings. The second-order valence-electron chi connectivity index (χ2n) is 19.3. The number of aromatic nitrogens is 4. The Hall–Kier alpha value is -6.37. The van der Waals surface area contributed by atoms with Gasteiger partial charge in [0, 0.05) is 77.4 Å². The summed E-state index contributed by atoms with van der Waals surface area (Å²) in [4.78, 5) is 74.7. The highest BCUT2D eigenvalue weighted by molar-refractivity contribution is 7.13. The lowest BCUT2D eigenvalue weighted by Crippen LogP contribution is -2.53. The number of nitrogen functional groups attached to an aromatic ring is 1. The van der Waals surface area contributed by atoms with Crippen molar-refractivity contribution in [1.82, 2.24) is 45.7 Å². The molecule has 0 aliphatic carbocycles. The Morgan fingerprint density at radius 2 is 1.62 bits per heavy atom. The molecule has 2 saturated heterocycles. The smallest absolute Gasteiger partial charge is 0.261 e. The van der Waals surface area contributed by atoms with Gasteiger partial charge in [0.2, 0.25) is 17.7 Å². The van der Waals surface area contributed by atoms with E-state index in [-0.39, 0.29) is 59.6 Å². The van der Waals surface area contributed by atoms with Crippen LogP contribution in [0.5, 0.6) is 0 Å². The number of halogens is 1. The number of fused-ring (bicyclic) bond motifs is 2. The van der Waals surface area contributed by atoms with E-state index in [2.05, 4.69) is 52.6 Å². The molecule has 414 valence electrons. The summed E-state index contributed by atoms with van der Waals surface area (Å²) < 4.78 is 37.2. The zero-order valence-corrected chi connectivity index (χ0v) is 44.8. The highest BCUT2D eigenvalue weighted by atomic mass is 32.1. The van der Waals surface area contributed by atoms with Gasteiger partial charge in [0.15, 0.2) is 0 Å². The minimum atomic E-state index is -0.773. The van der Waals surface area contributed by atoms with Crippen LogP contribution in [0.15, 0.2) is 71.0 Å². The fraction of sp³-hybridized carbons (Fsp3) is 0.491. The molecular weight excluding hydrogens is 1010 g/mol. The van der Waals surface area contributed by atoms with Crippen LogP contribution < -0.4 is 32.1 Å². The summed E-state index contributed by atoms with van der Waals surface area (Å²) in [7, 11) is 0. The van der Waals surface area contributed by atoms with E-state index in [0.29, 0.717) is 89.9 Å². The molecule has 3 amide bonds. The van der Waals surface area contributed by atoms with Crippen molar-refractivity contribution in [1.29, 1.82) is 0 Å². The van der Waals surface area contributed by atoms with Crippen molar-refractivity contribution < 1.29 is 42.8 Å². The quantitative estimate of drug-likeness (QED) is 0.0323. The van der Waals surface area contributed by atoms with E-state index < -0.39 is 29.6 Å².